The largest absolute Gasteiger partial charge is 0.444 e. The van der Waals surface area contributed by atoms with Gasteiger partial charge < -0.3 is 15.2 Å². The fourth-order valence-electron chi connectivity index (χ4n) is 2.34. The number of aliphatic hydroxyl groups excluding tert-OH is 1. The number of carbonyl (C=O) groups is 1. The molecule has 7 heteroatoms. The summed E-state index contributed by atoms with van der Waals surface area (Å²) < 4.78 is 8.03. The molecule has 1 unspecified atom stereocenters. The number of aromatic nitrogens is 2. The van der Waals surface area contributed by atoms with E-state index in [0.29, 0.717) is 13.0 Å². The first-order valence-corrected chi connectivity index (χ1v) is 8.58. The van der Waals surface area contributed by atoms with Crippen LogP contribution in [0.5, 0.6) is 0 Å². The molecule has 0 aliphatic heterocycles. The highest BCUT2D eigenvalue weighted by molar-refractivity contribution is 9.10. The summed E-state index contributed by atoms with van der Waals surface area (Å²) in [6, 6.07) is 0. The van der Waals surface area contributed by atoms with E-state index >= 15 is 0 Å². The molecule has 1 rings (SSSR count). The minimum atomic E-state index is -0.541. The van der Waals surface area contributed by atoms with Gasteiger partial charge in [0.05, 0.1) is 22.5 Å². The second-order valence-corrected chi connectivity index (χ2v) is 7.81. The van der Waals surface area contributed by atoms with Crippen molar-refractivity contribution in [2.24, 2.45) is 12.5 Å². The van der Waals surface area contributed by atoms with E-state index in [1.54, 1.807) is 0 Å². The number of hydrogen-bond acceptors (Lipinski definition) is 4. The fraction of sp³-hybridized carbons (Fsp3) is 0.750. The summed E-state index contributed by atoms with van der Waals surface area (Å²) in [5.41, 5.74) is 0.912. The van der Waals surface area contributed by atoms with Gasteiger partial charge in [-0.1, -0.05) is 6.92 Å². The smallest absolute Gasteiger partial charge is 0.407 e. The van der Waals surface area contributed by atoms with E-state index in [0.717, 1.165) is 22.3 Å². The van der Waals surface area contributed by atoms with Crippen LogP contribution in [-0.2, 0) is 18.2 Å². The van der Waals surface area contributed by atoms with Crippen molar-refractivity contribution in [3.05, 3.63) is 15.9 Å². The predicted molar refractivity (Wildman–Crippen MR) is 93.4 cm³/mol. The Morgan fingerprint density at radius 3 is 2.43 bits per heavy atom. The third-order valence-corrected chi connectivity index (χ3v) is 4.93. The zero-order valence-electron chi connectivity index (χ0n) is 14.9. The van der Waals surface area contributed by atoms with Crippen molar-refractivity contribution in [1.82, 2.24) is 15.1 Å². The van der Waals surface area contributed by atoms with Gasteiger partial charge in [-0.3, -0.25) is 4.68 Å². The number of aliphatic hydroxyl groups is 1. The van der Waals surface area contributed by atoms with Gasteiger partial charge in [-0.25, -0.2) is 4.79 Å². The Morgan fingerprint density at radius 2 is 2.04 bits per heavy atom. The number of hydrogen-bond donors (Lipinski definition) is 2. The lowest BCUT2D eigenvalue weighted by molar-refractivity contribution is 0.0459. The molecule has 0 fully saturated rings. The Labute approximate surface area is 146 Å². The maximum Gasteiger partial charge on any atom is 0.407 e. The number of rotatable bonds is 6. The molecule has 6 nitrogen and oxygen atoms in total. The van der Waals surface area contributed by atoms with Gasteiger partial charge in [0, 0.05) is 19.0 Å². The van der Waals surface area contributed by atoms with E-state index in [1.807, 2.05) is 46.3 Å². The van der Waals surface area contributed by atoms with Crippen LogP contribution in [0.3, 0.4) is 0 Å². The van der Waals surface area contributed by atoms with E-state index in [1.165, 1.54) is 0 Å². The summed E-state index contributed by atoms with van der Waals surface area (Å²) in [5, 5.41) is 17.1. The Hall–Kier alpha value is -1.08. The summed E-state index contributed by atoms with van der Waals surface area (Å²) in [6.07, 6.45) is 0.855. The highest BCUT2D eigenvalue weighted by atomic mass is 79.9. The summed E-state index contributed by atoms with van der Waals surface area (Å²) >= 11 is 3.55. The minimum absolute atomic E-state index is 0.0318. The van der Waals surface area contributed by atoms with Crippen LogP contribution in [0.15, 0.2) is 4.47 Å². The SMILES string of the molecule is CCC(CO)(CNC(=O)OC(C)(C)C)Cc1c(Br)c(C)nn1C. The van der Waals surface area contributed by atoms with Gasteiger partial charge in [0.2, 0.25) is 0 Å². The molecule has 0 saturated carbocycles. The van der Waals surface area contributed by atoms with Gasteiger partial charge in [-0.15, -0.1) is 0 Å². The summed E-state index contributed by atoms with van der Waals surface area (Å²) in [6.45, 7) is 9.70. The molecular weight excluding hydrogens is 362 g/mol. The molecule has 0 spiro atoms. The molecule has 0 aliphatic rings. The van der Waals surface area contributed by atoms with Crippen molar-refractivity contribution in [3.63, 3.8) is 0 Å². The Kier molecular flexibility index (Phi) is 6.65. The predicted octanol–water partition coefficient (Wildman–Crippen LogP) is 2.95. The monoisotopic (exact) mass is 389 g/mol. The lowest BCUT2D eigenvalue weighted by atomic mass is 9.81. The highest BCUT2D eigenvalue weighted by Crippen LogP contribution is 2.31. The third-order valence-electron chi connectivity index (χ3n) is 3.90. The van der Waals surface area contributed by atoms with Gasteiger partial charge >= 0.3 is 6.09 Å². The molecule has 132 valence electrons. The quantitative estimate of drug-likeness (QED) is 0.783. The summed E-state index contributed by atoms with van der Waals surface area (Å²) in [7, 11) is 1.88. The van der Waals surface area contributed by atoms with E-state index in [2.05, 4.69) is 26.3 Å². The zero-order valence-corrected chi connectivity index (χ0v) is 16.5. The Balaban J connectivity index is 2.85. The van der Waals surface area contributed by atoms with Crippen molar-refractivity contribution in [1.29, 1.82) is 0 Å². The summed E-state index contributed by atoms with van der Waals surface area (Å²) in [4.78, 5) is 11.9. The van der Waals surface area contributed by atoms with Crippen molar-refractivity contribution < 1.29 is 14.6 Å². The average Bonchev–Trinajstić information content (AvgIpc) is 2.67. The lowest BCUT2D eigenvalue weighted by Crippen LogP contribution is -2.43. The van der Waals surface area contributed by atoms with Gasteiger partial charge in [-0.05, 0) is 56.5 Å². The van der Waals surface area contributed by atoms with E-state index in [9.17, 15) is 9.90 Å². The third kappa shape index (κ3) is 5.49. The number of carbonyl (C=O) groups excluding carboxylic acids is 1. The number of alkyl carbamates (subject to hydrolysis) is 1. The minimum Gasteiger partial charge on any atom is -0.444 e. The first kappa shape index (κ1) is 20.0. The number of amides is 1. The van der Waals surface area contributed by atoms with Crippen molar-refractivity contribution in [3.8, 4) is 0 Å². The second kappa shape index (κ2) is 7.66. The maximum atomic E-state index is 11.9. The molecule has 1 heterocycles. The molecule has 0 aromatic carbocycles. The highest BCUT2D eigenvalue weighted by Gasteiger charge is 2.32. The van der Waals surface area contributed by atoms with Gasteiger partial charge in [0.15, 0.2) is 0 Å². The van der Waals surface area contributed by atoms with Gasteiger partial charge in [0.1, 0.15) is 5.60 Å². The molecule has 1 amide bonds. The normalized spacial score (nSPS) is 14.4. The number of ether oxygens (including phenoxy) is 1. The standard InChI is InChI=1S/C16H28BrN3O3/c1-7-16(10-21,9-18-14(22)23-15(3,4)5)8-12-13(17)11(2)19-20(12)6/h21H,7-10H2,1-6H3,(H,18,22). The van der Waals surface area contributed by atoms with Crippen LogP contribution in [0.25, 0.3) is 0 Å². The van der Waals surface area contributed by atoms with Crippen LogP contribution in [0.2, 0.25) is 0 Å². The molecule has 0 aliphatic carbocycles. The topological polar surface area (TPSA) is 76.4 Å². The van der Waals surface area contributed by atoms with E-state index < -0.39 is 17.1 Å². The van der Waals surface area contributed by atoms with Gasteiger partial charge in [-0.2, -0.15) is 5.10 Å². The lowest BCUT2D eigenvalue weighted by Gasteiger charge is -2.31. The number of nitrogens with one attached hydrogen (secondary N) is 1. The van der Waals surface area contributed by atoms with Crippen LogP contribution in [0.1, 0.15) is 45.5 Å². The van der Waals surface area contributed by atoms with Crippen LogP contribution in [0, 0.1) is 12.3 Å². The molecule has 0 saturated heterocycles. The van der Waals surface area contributed by atoms with E-state index in [-0.39, 0.29) is 6.61 Å². The van der Waals surface area contributed by atoms with Crippen molar-refractivity contribution in [2.45, 2.75) is 53.1 Å². The van der Waals surface area contributed by atoms with Crippen molar-refractivity contribution in [2.75, 3.05) is 13.2 Å². The molecular formula is C16H28BrN3O3. The van der Waals surface area contributed by atoms with Crippen LogP contribution in [-0.4, -0.2) is 39.7 Å². The molecule has 1 aromatic heterocycles. The molecule has 0 radical (unpaired) electrons. The Bertz CT molecular complexity index is 546. The molecule has 1 aromatic rings. The molecule has 23 heavy (non-hydrogen) atoms. The number of halogens is 1. The van der Waals surface area contributed by atoms with Crippen LogP contribution < -0.4 is 5.32 Å². The molecule has 2 N–H and O–H groups in total. The first-order valence-electron chi connectivity index (χ1n) is 7.79. The fourth-order valence-corrected chi connectivity index (χ4v) is 2.81. The first-order chi connectivity index (χ1) is 10.5. The van der Waals surface area contributed by atoms with Crippen LogP contribution >= 0.6 is 15.9 Å². The second-order valence-electron chi connectivity index (χ2n) is 7.01. The van der Waals surface area contributed by atoms with Gasteiger partial charge in [0.25, 0.3) is 0 Å². The van der Waals surface area contributed by atoms with E-state index in [4.69, 9.17) is 4.74 Å². The average molecular weight is 390 g/mol. The maximum absolute atomic E-state index is 11.9. The summed E-state index contributed by atoms with van der Waals surface area (Å²) in [5.74, 6) is 0. The Morgan fingerprint density at radius 1 is 1.43 bits per heavy atom. The number of aryl methyl sites for hydroxylation is 2. The molecule has 1 atom stereocenters. The number of nitrogens with zero attached hydrogens (tertiary/aromatic N) is 2. The zero-order chi connectivity index (χ0) is 17.8. The molecule has 0 bridgehead atoms. The van der Waals surface area contributed by atoms with Crippen LogP contribution in [0.4, 0.5) is 4.79 Å². The van der Waals surface area contributed by atoms with Crippen molar-refractivity contribution >= 4 is 22.0 Å².